The molecule has 2 aromatic carbocycles. The molecular formula is C23H18N4O3S2. The van der Waals surface area contributed by atoms with E-state index < -0.39 is 0 Å². The van der Waals surface area contributed by atoms with Crippen LogP contribution in [0.15, 0.2) is 74.4 Å². The third-order valence-electron chi connectivity index (χ3n) is 4.95. The summed E-state index contributed by atoms with van der Waals surface area (Å²) in [6.07, 6.45) is 0. The van der Waals surface area contributed by atoms with Gasteiger partial charge in [-0.1, -0.05) is 54.2 Å². The van der Waals surface area contributed by atoms with Gasteiger partial charge in [0.05, 0.1) is 23.3 Å². The minimum atomic E-state index is -0.194. The van der Waals surface area contributed by atoms with Gasteiger partial charge in [-0.15, -0.1) is 21.5 Å². The molecule has 9 heteroatoms. The number of methoxy groups -OCH3 is 1. The fourth-order valence-corrected chi connectivity index (χ4v) is 5.08. The zero-order chi connectivity index (χ0) is 22.1. The fourth-order valence-electron chi connectivity index (χ4n) is 3.38. The SMILES string of the molecule is COc1ccccc1-c1nnc(SC(C)c2nc3scc(-c4ccccc4)c3c(=O)[nH]2)o1. The van der Waals surface area contributed by atoms with Gasteiger partial charge >= 0.3 is 0 Å². The minimum absolute atomic E-state index is 0.155. The minimum Gasteiger partial charge on any atom is -0.496 e. The Labute approximate surface area is 191 Å². The number of hydrogen-bond acceptors (Lipinski definition) is 8. The molecule has 0 saturated heterocycles. The highest BCUT2D eigenvalue weighted by Crippen LogP contribution is 2.37. The zero-order valence-corrected chi connectivity index (χ0v) is 18.9. The summed E-state index contributed by atoms with van der Waals surface area (Å²) in [6, 6.07) is 17.3. The summed E-state index contributed by atoms with van der Waals surface area (Å²) in [5.41, 5.74) is 2.46. The van der Waals surface area contributed by atoms with Crippen molar-refractivity contribution in [3.05, 3.63) is 76.2 Å². The molecule has 5 rings (SSSR count). The van der Waals surface area contributed by atoms with E-state index in [0.717, 1.165) is 16.7 Å². The van der Waals surface area contributed by atoms with E-state index in [2.05, 4.69) is 15.2 Å². The number of benzene rings is 2. The predicted molar refractivity (Wildman–Crippen MR) is 126 cm³/mol. The van der Waals surface area contributed by atoms with E-state index >= 15 is 0 Å². The van der Waals surface area contributed by atoms with Crippen LogP contribution in [0.25, 0.3) is 32.8 Å². The molecule has 0 aliphatic carbocycles. The lowest BCUT2D eigenvalue weighted by Gasteiger charge is -2.08. The maximum atomic E-state index is 12.9. The van der Waals surface area contributed by atoms with Crippen LogP contribution >= 0.6 is 23.1 Å². The van der Waals surface area contributed by atoms with Crippen molar-refractivity contribution in [2.24, 2.45) is 0 Å². The van der Waals surface area contributed by atoms with Crippen molar-refractivity contribution in [3.63, 3.8) is 0 Å². The van der Waals surface area contributed by atoms with Gasteiger partial charge in [0.25, 0.3) is 16.7 Å². The van der Waals surface area contributed by atoms with E-state index in [1.165, 1.54) is 23.1 Å². The molecule has 0 amide bonds. The number of nitrogens with zero attached hydrogens (tertiary/aromatic N) is 3. The normalized spacial score (nSPS) is 12.2. The van der Waals surface area contributed by atoms with Gasteiger partial charge in [0.15, 0.2) is 0 Å². The average molecular weight is 463 g/mol. The Morgan fingerprint density at radius 3 is 2.66 bits per heavy atom. The number of thioether (sulfide) groups is 1. The Morgan fingerprint density at radius 1 is 1.06 bits per heavy atom. The number of hydrogen-bond donors (Lipinski definition) is 1. The second-order valence-electron chi connectivity index (χ2n) is 6.98. The summed E-state index contributed by atoms with van der Waals surface area (Å²) >= 11 is 2.80. The number of rotatable bonds is 6. The van der Waals surface area contributed by atoms with Crippen molar-refractivity contribution in [3.8, 4) is 28.3 Å². The van der Waals surface area contributed by atoms with E-state index in [1.807, 2.05) is 66.9 Å². The van der Waals surface area contributed by atoms with Gasteiger partial charge in [-0.05, 0) is 24.6 Å². The van der Waals surface area contributed by atoms with Gasteiger partial charge in [-0.2, -0.15) is 0 Å². The molecule has 32 heavy (non-hydrogen) atoms. The quantitative estimate of drug-likeness (QED) is 0.330. The number of nitrogens with one attached hydrogen (secondary N) is 1. The molecule has 1 unspecified atom stereocenters. The Hall–Kier alpha value is -3.43. The van der Waals surface area contributed by atoms with Crippen molar-refractivity contribution < 1.29 is 9.15 Å². The van der Waals surface area contributed by atoms with Gasteiger partial charge in [0, 0.05) is 10.9 Å². The third kappa shape index (κ3) is 3.80. The van der Waals surface area contributed by atoms with Crippen LogP contribution in [0.2, 0.25) is 0 Å². The summed E-state index contributed by atoms with van der Waals surface area (Å²) in [7, 11) is 1.60. The van der Waals surface area contributed by atoms with Crippen LogP contribution in [0.1, 0.15) is 18.0 Å². The zero-order valence-electron chi connectivity index (χ0n) is 17.2. The highest BCUT2D eigenvalue weighted by molar-refractivity contribution is 7.99. The highest BCUT2D eigenvalue weighted by atomic mass is 32.2. The number of H-pyrrole nitrogens is 1. The first-order valence-corrected chi connectivity index (χ1v) is 11.6. The Balaban J connectivity index is 1.42. The molecule has 0 fully saturated rings. The summed E-state index contributed by atoms with van der Waals surface area (Å²) < 4.78 is 11.2. The summed E-state index contributed by atoms with van der Waals surface area (Å²) in [5.74, 6) is 1.59. The van der Waals surface area contributed by atoms with Crippen molar-refractivity contribution >= 4 is 33.3 Å². The van der Waals surface area contributed by atoms with E-state index in [1.54, 1.807) is 7.11 Å². The molecular weight excluding hydrogens is 444 g/mol. The standard InChI is InChI=1S/C23H18N4O3S2/c1-13(32-23-27-26-21(30-23)15-10-6-7-11-17(15)29-2)19-24-20(28)18-16(12-31-22(18)25-19)14-8-4-3-5-9-14/h3-13H,1-2H3,(H,24,25,28). The second kappa shape index (κ2) is 8.60. The Kier molecular flexibility index (Phi) is 5.50. The summed E-state index contributed by atoms with van der Waals surface area (Å²) in [6.45, 7) is 1.94. The molecule has 0 saturated carbocycles. The fraction of sp³-hybridized carbons (Fsp3) is 0.130. The Bertz CT molecular complexity index is 1440. The van der Waals surface area contributed by atoms with Crippen molar-refractivity contribution in [1.29, 1.82) is 0 Å². The Morgan fingerprint density at radius 2 is 1.84 bits per heavy atom. The van der Waals surface area contributed by atoms with Crippen LogP contribution < -0.4 is 10.3 Å². The second-order valence-corrected chi connectivity index (χ2v) is 9.13. The van der Waals surface area contributed by atoms with Crippen LogP contribution in [0.4, 0.5) is 0 Å². The number of fused-ring (bicyclic) bond motifs is 1. The van der Waals surface area contributed by atoms with Crippen LogP contribution in [0.3, 0.4) is 0 Å². The molecule has 0 bridgehead atoms. The lowest BCUT2D eigenvalue weighted by Crippen LogP contribution is -2.12. The van der Waals surface area contributed by atoms with Gasteiger partial charge in [0.1, 0.15) is 16.4 Å². The van der Waals surface area contributed by atoms with Crippen molar-refractivity contribution in [1.82, 2.24) is 20.2 Å². The van der Waals surface area contributed by atoms with Crippen LogP contribution in [0.5, 0.6) is 5.75 Å². The number of para-hydroxylation sites is 1. The molecule has 1 atom stereocenters. The number of aromatic nitrogens is 4. The summed E-state index contributed by atoms with van der Waals surface area (Å²) in [4.78, 5) is 21.2. The molecule has 1 N–H and O–H groups in total. The monoisotopic (exact) mass is 462 g/mol. The predicted octanol–water partition coefficient (Wildman–Crippen LogP) is 5.56. The smallest absolute Gasteiger partial charge is 0.277 e. The molecule has 7 nitrogen and oxygen atoms in total. The first-order chi connectivity index (χ1) is 15.6. The largest absolute Gasteiger partial charge is 0.496 e. The average Bonchev–Trinajstić information content (AvgIpc) is 3.47. The molecule has 0 radical (unpaired) electrons. The van der Waals surface area contributed by atoms with E-state index in [4.69, 9.17) is 14.1 Å². The highest BCUT2D eigenvalue weighted by Gasteiger charge is 2.20. The third-order valence-corrected chi connectivity index (χ3v) is 6.77. The lowest BCUT2D eigenvalue weighted by molar-refractivity contribution is 0.411. The molecule has 160 valence electrons. The first-order valence-electron chi connectivity index (χ1n) is 9.84. The molecule has 5 aromatic rings. The molecule has 0 aliphatic rings. The number of aromatic amines is 1. The van der Waals surface area contributed by atoms with E-state index in [-0.39, 0.29) is 10.8 Å². The molecule has 3 heterocycles. The molecule has 0 aliphatic heterocycles. The number of ether oxygens (including phenoxy) is 1. The topological polar surface area (TPSA) is 93.9 Å². The first kappa shape index (κ1) is 20.5. The van der Waals surface area contributed by atoms with Crippen molar-refractivity contribution in [2.45, 2.75) is 17.4 Å². The molecule has 3 aromatic heterocycles. The maximum absolute atomic E-state index is 12.9. The molecule has 0 spiro atoms. The number of thiophene rings is 1. The maximum Gasteiger partial charge on any atom is 0.277 e. The van der Waals surface area contributed by atoms with Gasteiger partial charge < -0.3 is 14.1 Å². The van der Waals surface area contributed by atoms with Crippen LogP contribution in [-0.4, -0.2) is 27.3 Å². The van der Waals surface area contributed by atoms with Gasteiger partial charge in [-0.3, -0.25) is 4.79 Å². The van der Waals surface area contributed by atoms with Crippen LogP contribution in [0, 0.1) is 0 Å². The van der Waals surface area contributed by atoms with Gasteiger partial charge in [-0.25, -0.2) is 4.98 Å². The van der Waals surface area contributed by atoms with Crippen LogP contribution in [-0.2, 0) is 0 Å². The summed E-state index contributed by atoms with van der Waals surface area (Å²) in [5, 5.41) is 11.0. The van der Waals surface area contributed by atoms with E-state index in [9.17, 15) is 4.79 Å². The lowest BCUT2D eigenvalue weighted by atomic mass is 10.1. The van der Waals surface area contributed by atoms with Crippen molar-refractivity contribution in [2.75, 3.05) is 7.11 Å². The van der Waals surface area contributed by atoms with Gasteiger partial charge in [0.2, 0.25) is 0 Å². The van der Waals surface area contributed by atoms with E-state index in [0.29, 0.717) is 32.9 Å².